The van der Waals surface area contributed by atoms with Crippen molar-refractivity contribution in [1.29, 1.82) is 0 Å². The van der Waals surface area contributed by atoms with Gasteiger partial charge in [-0.1, -0.05) is 13.8 Å². The summed E-state index contributed by atoms with van der Waals surface area (Å²) in [6.45, 7) is 3.68. The number of carboxylic acid groups (broad SMARTS) is 1. The van der Waals surface area contributed by atoms with Crippen LogP contribution in [0.2, 0.25) is 0 Å². The monoisotopic (exact) mass is 273 g/mol. The van der Waals surface area contributed by atoms with E-state index in [4.69, 9.17) is 5.11 Å². The SMILES string of the molecule is CC(C)c1cnc2c(C(F)(F)F)c(C(=O)O)nn2c1. The average molecular weight is 273 g/mol. The molecule has 0 fully saturated rings. The minimum absolute atomic E-state index is 0.0451. The van der Waals surface area contributed by atoms with Crippen LogP contribution in [0.4, 0.5) is 13.2 Å². The second-order valence-electron chi connectivity index (χ2n) is 4.34. The number of carbonyl (C=O) groups is 1. The molecule has 0 spiro atoms. The first-order chi connectivity index (χ1) is 8.71. The van der Waals surface area contributed by atoms with E-state index in [0.717, 1.165) is 4.52 Å². The van der Waals surface area contributed by atoms with Gasteiger partial charge in [0.1, 0.15) is 5.56 Å². The van der Waals surface area contributed by atoms with Crippen LogP contribution in [0.3, 0.4) is 0 Å². The number of carboxylic acids is 1. The van der Waals surface area contributed by atoms with Crippen molar-refractivity contribution in [2.75, 3.05) is 0 Å². The van der Waals surface area contributed by atoms with Crippen molar-refractivity contribution >= 4 is 11.6 Å². The van der Waals surface area contributed by atoms with Crippen LogP contribution in [0.5, 0.6) is 0 Å². The van der Waals surface area contributed by atoms with Gasteiger partial charge in [-0.2, -0.15) is 18.3 Å². The van der Waals surface area contributed by atoms with E-state index in [1.54, 1.807) is 0 Å². The largest absolute Gasteiger partial charge is 0.476 e. The minimum atomic E-state index is -4.82. The fraction of sp³-hybridized carbons (Fsp3) is 0.364. The highest BCUT2D eigenvalue weighted by atomic mass is 19.4. The van der Waals surface area contributed by atoms with Gasteiger partial charge >= 0.3 is 12.1 Å². The van der Waals surface area contributed by atoms with E-state index in [2.05, 4.69) is 10.1 Å². The average Bonchev–Trinajstić information content (AvgIpc) is 2.66. The molecule has 102 valence electrons. The number of fused-ring (bicyclic) bond motifs is 1. The van der Waals surface area contributed by atoms with Gasteiger partial charge in [0.2, 0.25) is 0 Å². The van der Waals surface area contributed by atoms with Crippen LogP contribution in [0.1, 0.15) is 41.4 Å². The topological polar surface area (TPSA) is 67.5 Å². The Morgan fingerprint density at radius 1 is 1.42 bits per heavy atom. The Morgan fingerprint density at radius 3 is 2.53 bits per heavy atom. The van der Waals surface area contributed by atoms with Gasteiger partial charge < -0.3 is 5.11 Å². The highest BCUT2D eigenvalue weighted by Gasteiger charge is 2.41. The Kier molecular flexibility index (Phi) is 2.95. The molecule has 0 atom stereocenters. The molecule has 0 aliphatic heterocycles. The summed E-state index contributed by atoms with van der Waals surface area (Å²) in [4.78, 5) is 14.5. The summed E-state index contributed by atoms with van der Waals surface area (Å²) in [6.07, 6.45) is -2.17. The van der Waals surface area contributed by atoms with Gasteiger partial charge in [-0.15, -0.1) is 0 Å². The molecule has 0 aliphatic rings. The van der Waals surface area contributed by atoms with Crippen LogP contribution in [-0.4, -0.2) is 25.7 Å². The Balaban J connectivity index is 2.78. The van der Waals surface area contributed by atoms with E-state index in [0.29, 0.717) is 5.56 Å². The molecule has 8 heteroatoms. The zero-order valence-electron chi connectivity index (χ0n) is 10.1. The molecular formula is C11H10F3N3O2. The first-order valence-electron chi connectivity index (χ1n) is 5.40. The number of aromatic carboxylic acids is 1. The minimum Gasteiger partial charge on any atom is -0.476 e. The fourth-order valence-corrected chi connectivity index (χ4v) is 1.66. The number of hydrogen-bond acceptors (Lipinski definition) is 3. The molecule has 0 aromatic carbocycles. The first-order valence-corrected chi connectivity index (χ1v) is 5.40. The van der Waals surface area contributed by atoms with E-state index in [1.165, 1.54) is 12.4 Å². The van der Waals surface area contributed by atoms with Gasteiger partial charge in [-0.05, 0) is 11.5 Å². The Bertz CT molecular complexity index is 646. The van der Waals surface area contributed by atoms with Crippen LogP contribution in [0.25, 0.3) is 5.65 Å². The summed E-state index contributed by atoms with van der Waals surface area (Å²) in [7, 11) is 0. The van der Waals surface area contributed by atoms with Crippen LogP contribution < -0.4 is 0 Å². The molecule has 0 bridgehead atoms. The van der Waals surface area contributed by atoms with Gasteiger partial charge in [0.25, 0.3) is 0 Å². The summed E-state index contributed by atoms with van der Waals surface area (Å²) in [6, 6.07) is 0. The molecule has 0 saturated heterocycles. The predicted octanol–water partition coefficient (Wildman–Crippen LogP) is 2.57. The van der Waals surface area contributed by atoms with Crippen LogP contribution in [0, 0.1) is 0 Å². The third-order valence-electron chi connectivity index (χ3n) is 2.65. The number of nitrogens with zero attached hydrogens (tertiary/aromatic N) is 3. The second kappa shape index (κ2) is 4.22. The number of rotatable bonds is 2. The first kappa shape index (κ1) is 13.3. The Hall–Kier alpha value is -2.12. The lowest BCUT2D eigenvalue weighted by molar-refractivity contribution is -0.137. The number of alkyl halides is 3. The lowest BCUT2D eigenvalue weighted by atomic mass is 10.1. The molecule has 2 rings (SSSR count). The number of aromatic nitrogens is 3. The zero-order valence-corrected chi connectivity index (χ0v) is 10.1. The van der Waals surface area contributed by atoms with Crippen molar-refractivity contribution in [2.45, 2.75) is 25.9 Å². The third kappa shape index (κ3) is 2.25. The molecule has 19 heavy (non-hydrogen) atoms. The smallest absolute Gasteiger partial charge is 0.422 e. The Labute approximate surface area is 105 Å². The van der Waals surface area contributed by atoms with Crippen molar-refractivity contribution in [3.05, 3.63) is 29.2 Å². The van der Waals surface area contributed by atoms with Gasteiger partial charge in [-0.25, -0.2) is 14.3 Å². The molecule has 0 amide bonds. The van der Waals surface area contributed by atoms with Crippen molar-refractivity contribution in [3.63, 3.8) is 0 Å². The van der Waals surface area contributed by atoms with Gasteiger partial charge in [0, 0.05) is 12.4 Å². The van der Waals surface area contributed by atoms with Gasteiger partial charge in [0.05, 0.1) is 0 Å². The summed E-state index contributed by atoms with van der Waals surface area (Å²) in [5, 5.41) is 12.3. The highest BCUT2D eigenvalue weighted by Crippen LogP contribution is 2.34. The maximum atomic E-state index is 12.9. The second-order valence-corrected chi connectivity index (χ2v) is 4.34. The molecule has 2 aromatic heterocycles. The number of halogens is 3. The Morgan fingerprint density at radius 2 is 2.05 bits per heavy atom. The molecule has 5 nitrogen and oxygen atoms in total. The van der Waals surface area contributed by atoms with Crippen LogP contribution in [-0.2, 0) is 6.18 Å². The maximum Gasteiger partial charge on any atom is 0.422 e. The quantitative estimate of drug-likeness (QED) is 0.913. The van der Waals surface area contributed by atoms with Gasteiger partial charge in [0.15, 0.2) is 11.3 Å². The maximum absolute atomic E-state index is 12.9. The molecule has 0 aliphatic carbocycles. The van der Waals surface area contributed by atoms with Crippen molar-refractivity contribution in [1.82, 2.24) is 14.6 Å². The van der Waals surface area contributed by atoms with E-state index >= 15 is 0 Å². The standard InChI is InChI=1S/C11H10F3N3O2/c1-5(2)6-3-15-9-7(11(12,13)14)8(10(18)19)16-17(9)4-6/h3-5H,1-2H3,(H,18,19). The van der Waals surface area contributed by atoms with E-state index < -0.39 is 29.1 Å². The molecule has 2 heterocycles. The molecule has 0 saturated carbocycles. The summed E-state index contributed by atoms with van der Waals surface area (Å²) in [5.41, 5.74) is -2.20. The van der Waals surface area contributed by atoms with Crippen LogP contribution in [0.15, 0.2) is 12.4 Å². The third-order valence-corrected chi connectivity index (χ3v) is 2.65. The van der Waals surface area contributed by atoms with Crippen molar-refractivity contribution in [3.8, 4) is 0 Å². The molecule has 0 radical (unpaired) electrons. The lowest BCUT2D eigenvalue weighted by Gasteiger charge is -2.06. The highest BCUT2D eigenvalue weighted by molar-refractivity contribution is 5.89. The van der Waals surface area contributed by atoms with Crippen molar-refractivity contribution in [2.24, 2.45) is 0 Å². The summed E-state index contributed by atoms with van der Waals surface area (Å²) >= 11 is 0. The van der Waals surface area contributed by atoms with Crippen molar-refractivity contribution < 1.29 is 23.1 Å². The lowest BCUT2D eigenvalue weighted by Crippen LogP contribution is -2.11. The fourth-order valence-electron chi connectivity index (χ4n) is 1.66. The normalized spacial score (nSPS) is 12.3. The molecular weight excluding hydrogens is 263 g/mol. The molecule has 1 N–H and O–H groups in total. The molecule has 0 unspecified atom stereocenters. The van der Waals surface area contributed by atoms with E-state index in [-0.39, 0.29) is 5.92 Å². The van der Waals surface area contributed by atoms with Gasteiger partial charge in [-0.3, -0.25) is 0 Å². The van der Waals surface area contributed by atoms with Crippen LogP contribution >= 0.6 is 0 Å². The molecule has 2 aromatic rings. The van der Waals surface area contributed by atoms with E-state index in [9.17, 15) is 18.0 Å². The number of hydrogen-bond donors (Lipinski definition) is 1. The summed E-state index contributed by atoms with van der Waals surface area (Å²) < 4.78 is 39.5. The van der Waals surface area contributed by atoms with E-state index in [1.807, 2.05) is 13.8 Å². The summed E-state index contributed by atoms with van der Waals surface area (Å²) in [5.74, 6) is -1.69. The zero-order chi connectivity index (χ0) is 14.4. The predicted molar refractivity (Wildman–Crippen MR) is 59.0 cm³/mol.